The normalized spacial score (nSPS) is 11.8. The summed E-state index contributed by atoms with van der Waals surface area (Å²) in [5.74, 6) is -0.0589. The number of aliphatic hydroxyl groups is 1. The van der Waals surface area contributed by atoms with Crippen LogP contribution in [-0.4, -0.2) is 33.9 Å². The highest BCUT2D eigenvalue weighted by Crippen LogP contribution is 2.25. The number of nitro benzene ring substituents is 1. The molecule has 0 aliphatic carbocycles. The van der Waals surface area contributed by atoms with Crippen LogP contribution >= 0.6 is 0 Å². The van der Waals surface area contributed by atoms with Crippen molar-refractivity contribution in [3.8, 4) is 0 Å². The molecule has 1 N–H and O–H groups in total. The zero-order chi connectivity index (χ0) is 17.7. The van der Waals surface area contributed by atoms with Crippen LogP contribution in [0.15, 0.2) is 48.5 Å². The van der Waals surface area contributed by atoms with Crippen molar-refractivity contribution in [3.05, 3.63) is 75.3 Å². The second-order valence-electron chi connectivity index (χ2n) is 5.35. The van der Waals surface area contributed by atoms with E-state index in [-0.39, 0.29) is 11.6 Å². The Bertz CT molecular complexity index is 724. The standard InChI is InChI=1S/C18H20N2O4/c1-3-19(4-2)18(22)14-10-8-13(9-11-14)17(21)15-6-5-7-16(12-15)20(23)24/h5-12,17,21H,3-4H2,1-2H3/t17-/m0/s1. The van der Waals surface area contributed by atoms with Crippen LogP contribution in [0.5, 0.6) is 0 Å². The van der Waals surface area contributed by atoms with Gasteiger partial charge in [0.15, 0.2) is 0 Å². The van der Waals surface area contributed by atoms with Gasteiger partial charge in [0.25, 0.3) is 11.6 Å². The molecule has 0 aliphatic rings. The van der Waals surface area contributed by atoms with Crippen molar-refractivity contribution < 1.29 is 14.8 Å². The Morgan fingerprint density at radius 1 is 1.12 bits per heavy atom. The molecule has 1 atom stereocenters. The van der Waals surface area contributed by atoms with Crippen molar-refractivity contribution >= 4 is 11.6 Å². The summed E-state index contributed by atoms with van der Waals surface area (Å²) in [6, 6.07) is 12.6. The van der Waals surface area contributed by atoms with Crippen LogP contribution in [0.3, 0.4) is 0 Å². The van der Waals surface area contributed by atoms with Gasteiger partial charge in [0, 0.05) is 30.8 Å². The van der Waals surface area contributed by atoms with E-state index in [9.17, 15) is 20.0 Å². The van der Waals surface area contributed by atoms with Crippen molar-refractivity contribution in [3.63, 3.8) is 0 Å². The Labute approximate surface area is 140 Å². The molecule has 24 heavy (non-hydrogen) atoms. The van der Waals surface area contributed by atoms with Gasteiger partial charge in [-0.15, -0.1) is 0 Å². The van der Waals surface area contributed by atoms with Gasteiger partial charge < -0.3 is 10.0 Å². The van der Waals surface area contributed by atoms with Gasteiger partial charge in [-0.1, -0.05) is 24.3 Å². The summed E-state index contributed by atoms with van der Waals surface area (Å²) in [7, 11) is 0. The minimum Gasteiger partial charge on any atom is -0.384 e. The third-order valence-corrected chi connectivity index (χ3v) is 3.92. The summed E-state index contributed by atoms with van der Waals surface area (Å²) in [4.78, 5) is 24.3. The minimum atomic E-state index is -0.984. The van der Waals surface area contributed by atoms with Crippen molar-refractivity contribution in [1.29, 1.82) is 0 Å². The number of non-ortho nitro benzene ring substituents is 1. The lowest BCUT2D eigenvalue weighted by atomic mass is 9.99. The highest BCUT2D eigenvalue weighted by atomic mass is 16.6. The summed E-state index contributed by atoms with van der Waals surface area (Å²) in [5.41, 5.74) is 1.49. The van der Waals surface area contributed by atoms with Crippen molar-refractivity contribution in [2.24, 2.45) is 0 Å². The second-order valence-corrected chi connectivity index (χ2v) is 5.35. The van der Waals surface area contributed by atoms with Crippen LogP contribution in [0.4, 0.5) is 5.69 Å². The van der Waals surface area contributed by atoms with E-state index < -0.39 is 11.0 Å². The van der Waals surface area contributed by atoms with E-state index in [1.54, 1.807) is 35.2 Å². The topological polar surface area (TPSA) is 83.7 Å². The highest BCUT2D eigenvalue weighted by Gasteiger charge is 2.16. The van der Waals surface area contributed by atoms with E-state index in [1.807, 2.05) is 13.8 Å². The van der Waals surface area contributed by atoms with Gasteiger partial charge in [-0.25, -0.2) is 0 Å². The smallest absolute Gasteiger partial charge is 0.269 e. The molecule has 2 rings (SSSR count). The van der Waals surface area contributed by atoms with E-state index in [4.69, 9.17) is 0 Å². The van der Waals surface area contributed by atoms with Crippen molar-refractivity contribution in [2.45, 2.75) is 20.0 Å². The van der Waals surface area contributed by atoms with Crippen LogP contribution in [0.25, 0.3) is 0 Å². The lowest BCUT2D eigenvalue weighted by molar-refractivity contribution is -0.385. The predicted octanol–water partition coefficient (Wildman–Crippen LogP) is 3.16. The number of amides is 1. The summed E-state index contributed by atoms with van der Waals surface area (Å²) < 4.78 is 0. The number of nitro groups is 1. The second kappa shape index (κ2) is 7.70. The molecule has 0 fully saturated rings. The summed E-state index contributed by atoms with van der Waals surface area (Å²) in [6.07, 6.45) is -0.984. The van der Waals surface area contributed by atoms with Gasteiger partial charge in [0.05, 0.1) is 4.92 Å². The monoisotopic (exact) mass is 328 g/mol. The van der Waals surface area contributed by atoms with Crippen LogP contribution in [0, 0.1) is 10.1 Å². The molecular formula is C18H20N2O4. The van der Waals surface area contributed by atoms with Gasteiger partial charge in [0.2, 0.25) is 0 Å². The van der Waals surface area contributed by atoms with Crippen LogP contribution < -0.4 is 0 Å². The molecule has 0 unspecified atom stereocenters. The average molecular weight is 328 g/mol. The largest absolute Gasteiger partial charge is 0.384 e. The zero-order valence-corrected chi connectivity index (χ0v) is 13.7. The summed E-state index contributed by atoms with van der Waals surface area (Å²) in [6.45, 7) is 5.10. The quantitative estimate of drug-likeness (QED) is 0.652. The SMILES string of the molecule is CCN(CC)C(=O)c1ccc([C@H](O)c2cccc([N+](=O)[O-])c2)cc1. The number of carbonyl (C=O) groups is 1. The summed E-state index contributed by atoms with van der Waals surface area (Å²) >= 11 is 0. The molecule has 0 saturated carbocycles. The molecule has 0 aromatic heterocycles. The number of benzene rings is 2. The lowest BCUT2D eigenvalue weighted by Gasteiger charge is -2.19. The van der Waals surface area contributed by atoms with Crippen molar-refractivity contribution in [1.82, 2.24) is 4.90 Å². The Kier molecular flexibility index (Phi) is 5.65. The number of hydrogen-bond donors (Lipinski definition) is 1. The molecule has 0 aliphatic heterocycles. The van der Waals surface area contributed by atoms with Gasteiger partial charge in [-0.2, -0.15) is 0 Å². The molecular weight excluding hydrogens is 308 g/mol. The molecule has 6 nitrogen and oxygen atoms in total. The number of rotatable bonds is 6. The first-order chi connectivity index (χ1) is 11.5. The third kappa shape index (κ3) is 3.78. The number of hydrogen-bond acceptors (Lipinski definition) is 4. The molecule has 0 heterocycles. The minimum absolute atomic E-state index is 0.0589. The maximum absolute atomic E-state index is 12.3. The Balaban J connectivity index is 2.22. The van der Waals surface area contributed by atoms with Crippen molar-refractivity contribution in [2.75, 3.05) is 13.1 Å². The number of carbonyl (C=O) groups excluding carboxylic acids is 1. The fourth-order valence-corrected chi connectivity index (χ4v) is 2.50. The molecule has 1 amide bonds. The lowest BCUT2D eigenvalue weighted by Crippen LogP contribution is -2.30. The Morgan fingerprint density at radius 2 is 1.75 bits per heavy atom. The first-order valence-electron chi connectivity index (χ1n) is 7.79. The Morgan fingerprint density at radius 3 is 2.29 bits per heavy atom. The van der Waals surface area contributed by atoms with E-state index in [0.29, 0.717) is 29.8 Å². The number of nitrogens with zero attached hydrogens (tertiary/aromatic N) is 2. The molecule has 6 heteroatoms. The fourth-order valence-electron chi connectivity index (χ4n) is 2.50. The predicted molar refractivity (Wildman–Crippen MR) is 90.9 cm³/mol. The van der Waals surface area contributed by atoms with Crippen LogP contribution in [0.2, 0.25) is 0 Å². The van der Waals surface area contributed by atoms with E-state index >= 15 is 0 Å². The molecule has 2 aromatic rings. The first-order valence-corrected chi connectivity index (χ1v) is 7.79. The molecule has 0 radical (unpaired) electrons. The Hall–Kier alpha value is -2.73. The van der Waals surface area contributed by atoms with E-state index in [1.165, 1.54) is 18.2 Å². The van der Waals surface area contributed by atoms with Gasteiger partial charge in [-0.05, 0) is 37.1 Å². The number of aliphatic hydroxyl groups excluding tert-OH is 1. The van der Waals surface area contributed by atoms with Gasteiger partial charge >= 0.3 is 0 Å². The summed E-state index contributed by atoms with van der Waals surface area (Å²) in [5, 5.41) is 21.2. The maximum Gasteiger partial charge on any atom is 0.269 e. The first kappa shape index (κ1) is 17.6. The average Bonchev–Trinajstić information content (AvgIpc) is 2.62. The van der Waals surface area contributed by atoms with Gasteiger partial charge in [-0.3, -0.25) is 14.9 Å². The fraction of sp³-hybridized carbons (Fsp3) is 0.278. The van der Waals surface area contributed by atoms with E-state index in [0.717, 1.165) is 0 Å². The third-order valence-electron chi connectivity index (χ3n) is 3.92. The molecule has 0 saturated heterocycles. The van der Waals surface area contributed by atoms with Gasteiger partial charge in [0.1, 0.15) is 6.10 Å². The molecule has 0 spiro atoms. The maximum atomic E-state index is 12.3. The van der Waals surface area contributed by atoms with Crippen LogP contribution in [0.1, 0.15) is 41.4 Å². The molecule has 0 bridgehead atoms. The molecule has 126 valence electrons. The van der Waals surface area contributed by atoms with Crippen LogP contribution in [-0.2, 0) is 0 Å². The zero-order valence-electron chi connectivity index (χ0n) is 13.7. The van der Waals surface area contributed by atoms with E-state index in [2.05, 4.69) is 0 Å². The molecule has 2 aromatic carbocycles. The highest BCUT2D eigenvalue weighted by molar-refractivity contribution is 5.94.